The molecule has 1 aromatic heterocycles. The lowest BCUT2D eigenvalue weighted by molar-refractivity contribution is -0.137. The van der Waals surface area contributed by atoms with Gasteiger partial charge in [0, 0.05) is 26.7 Å². The third-order valence-corrected chi connectivity index (χ3v) is 7.36. The number of thiazole rings is 1. The molecule has 0 radical (unpaired) electrons. The average Bonchev–Trinajstić information content (AvgIpc) is 3.34. The summed E-state index contributed by atoms with van der Waals surface area (Å²) in [5.74, 6) is 0.460. The van der Waals surface area contributed by atoms with E-state index in [1.807, 2.05) is 0 Å². The Morgan fingerprint density at radius 3 is 2.71 bits per heavy atom. The lowest BCUT2D eigenvalue weighted by atomic mass is 10.2. The summed E-state index contributed by atoms with van der Waals surface area (Å²) in [6.45, 7) is 0.183. The minimum Gasteiger partial charge on any atom is -0.493 e. The number of ether oxygens (including phenoxy) is 2. The van der Waals surface area contributed by atoms with E-state index in [2.05, 4.69) is 36.8 Å². The van der Waals surface area contributed by atoms with Gasteiger partial charge in [-0.3, -0.25) is 4.79 Å². The third kappa shape index (κ3) is 8.59. The van der Waals surface area contributed by atoms with Gasteiger partial charge in [-0.25, -0.2) is 10.4 Å². The smallest absolute Gasteiger partial charge is 0.416 e. The van der Waals surface area contributed by atoms with E-state index in [-0.39, 0.29) is 18.7 Å². The Hall–Kier alpha value is -3.32. The van der Waals surface area contributed by atoms with Crippen LogP contribution in [-0.2, 0) is 24.0 Å². The van der Waals surface area contributed by atoms with E-state index in [0.29, 0.717) is 42.4 Å². The van der Waals surface area contributed by atoms with E-state index < -0.39 is 17.6 Å². The molecule has 1 heterocycles. The monoisotopic (exact) mass is 686 g/mol. The van der Waals surface area contributed by atoms with Crippen molar-refractivity contribution in [2.24, 2.45) is 5.10 Å². The molecule has 0 aliphatic rings. The van der Waals surface area contributed by atoms with Crippen LogP contribution in [0.4, 0.5) is 24.0 Å². The topological polar surface area (TPSA) is 84.8 Å². The molecule has 0 aliphatic carbocycles. The molecular formula is C27H20BrCl2F3N4O3S. The Morgan fingerprint density at radius 1 is 1.17 bits per heavy atom. The second-order valence-corrected chi connectivity index (χ2v) is 10.9. The predicted octanol–water partition coefficient (Wildman–Crippen LogP) is 8.26. The summed E-state index contributed by atoms with van der Waals surface area (Å²) in [6, 6.07) is 13.3. The van der Waals surface area contributed by atoms with Gasteiger partial charge in [-0.2, -0.15) is 18.3 Å². The van der Waals surface area contributed by atoms with Gasteiger partial charge in [0.15, 0.2) is 16.6 Å². The summed E-state index contributed by atoms with van der Waals surface area (Å²) < 4.78 is 50.8. The molecule has 3 aromatic carbocycles. The lowest BCUT2D eigenvalue weighted by Gasteiger charge is -2.14. The van der Waals surface area contributed by atoms with Crippen LogP contribution in [0.2, 0.25) is 10.0 Å². The van der Waals surface area contributed by atoms with Gasteiger partial charge in [0.25, 0.3) is 0 Å². The average molecular weight is 688 g/mol. The molecule has 0 fully saturated rings. The number of alkyl halides is 3. The fourth-order valence-electron chi connectivity index (χ4n) is 3.47. The Morgan fingerprint density at radius 2 is 1.98 bits per heavy atom. The molecule has 14 heteroatoms. The number of anilines is 2. The second-order valence-electron chi connectivity index (χ2n) is 8.38. The van der Waals surface area contributed by atoms with E-state index in [1.54, 1.807) is 35.7 Å². The fourth-order valence-corrected chi connectivity index (χ4v) is 5.24. The summed E-state index contributed by atoms with van der Waals surface area (Å²) in [4.78, 5) is 16.6. The highest BCUT2D eigenvalue weighted by Crippen LogP contribution is 2.37. The SMILES string of the molecule is COc1cc(/C=N\NC(=O)Cc2csc(Nc3cccc(C(F)(F)F)c3)n2)cc(Br)c1OCc1ccc(Cl)cc1Cl. The van der Waals surface area contributed by atoms with Gasteiger partial charge >= 0.3 is 6.18 Å². The van der Waals surface area contributed by atoms with Crippen molar-refractivity contribution in [3.05, 3.63) is 96.9 Å². The number of amides is 1. The van der Waals surface area contributed by atoms with E-state index >= 15 is 0 Å². The molecular weight excluding hydrogens is 668 g/mol. The van der Waals surface area contributed by atoms with Crippen molar-refractivity contribution in [1.29, 1.82) is 0 Å². The molecule has 0 bridgehead atoms. The Kier molecular flexibility index (Phi) is 10.1. The van der Waals surface area contributed by atoms with Crippen LogP contribution in [0.3, 0.4) is 0 Å². The lowest BCUT2D eigenvalue weighted by Crippen LogP contribution is -2.20. The zero-order valence-corrected chi connectivity index (χ0v) is 25.0. The second kappa shape index (κ2) is 13.6. The van der Waals surface area contributed by atoms with Crippen LogP contribution < -0.4 is 20.2 Å². The van der Waals surface area contributed by atoms with E-state index in [4.69, 9.17) is 32.7 Å². The van der Waals surface area contributed by atoms with Gasteiger partial charge in [0.1, 0.15) is 6.61 Å². The molecule has 2 N–H and O–H groups in total. The first kappa shape index (κ1) is 30.6. The summed E-state index contributed by atoms with van der Waals surface area (Å²) in [6.07, 6.45) is -3.09. The highest BCUT2D eigenvalue weighted by molar-refractivity contribution is 9.10. The first-order chi connectivity index (χ1) is 19.5. The highest BCUT2D eigenvalue weighted by atomic mass is 79.9. The number of benzene rings is 3. The number of hydrogen-bond donors (Lipinski definition) is 2. The molecule has 214 valence electrons. The van der Waals surface area contributed by atoms with Crippen LogP contribution in [-0.4, -0.2) is 24.2 Å². The minimum absolute atomic E-state index is 0.0782. The molecule has 0 saturated carbocycles. The number of nitrogens with one attached hydrogen (secondary N) is 2. The van der Waals surface area contributed by atoms with Crippen molar-refractivity contribution in [2.45, 2.75) is 19.2 Å². The molecule has 0 aliphatic heterocycles. The number of methoxy groups -OCH3 is 1. The van der Waals surface area contributed by atoms with E-state index in [0.717, 1.165) is 17.7 Å². The number of aromatic nitrogens is 1. The molecule has 0 spiro atoms. The van der Waals surface area contributed by atoms with Crippen molar-refractivity contribution in [3.8, 4) is 11.5 Å². The van der Waals surface area contributed by atoms with E-state index in [1.165, 1.54) is 36.8 Å². The van der Waals surface area contributed by atoms with Crippen LogP contribution in [0.25, 0.3) is 0 Å². The van der Waals surface area contributed by atoms with Crippen LogP contribution >= 0.6 is 50.5 Å². The first-order valence-electron chi connectivity index (χ1n) is 11.7. The van der Waals surface area contributed by atoms with Crippen molar-refractivity contribution < 1.29 is 27.4 Å². The molecule has 0 atom stereocenters. The predicted molar refractivity (Wildman–Crippen MR) is 158 cm³/mol. The molecule has 1 amide bonds. The Bertz CT molecular complexity index is 1580. The van der Waals surface area contributed by atoms with Gasteiger partial charge in [0.05, 0.1) is 35.5 Å². The molecule has 41 heavy (non-hydrogen) atoms. The number of carbonyl (C=O) groups is 1. The zero-order chi connectivity index (χ0) is 29.6. The van der Waals surface area contributed by atoms with Gasteiger partial charge in [-0.1, -0.05) is 35.3 Å². The van der Waals surface area contributed by atoms with Crippen molar-refractivity contribution in [3.63, 3.8) is 0 Å². The summed E-state index contributed by atoms with van der Waals surface area (Å²) in [7, 11) is 1.50. The van der Waals surface area contributed by atoms with Crippen LogP contribution in [0.15, 0.2) is 69.6 Å². The molecule has 4 aromatic rings. The summed E-state index contributed by atoms with van der Waals surface area (Å²) >= 11 is 16.8. The number of hydrogen-bond acceptors (Lipinski definition) is 7. The fraction of sp³-hybridized carbons (Fsp3) is 0.148. The quantitative estimate of drug-likeness (QED) is 0.130. The van der Waals surface area contributed by atoms with Crippen molar-refractivity contribution >= 4 is 73.4 Å². The first-order valence-corrected chi connectivity index (χ1v) is 14.1. The number of hydrazone groups is 1. The summed E-state index contributed by atoms with van der Waals surface area (Å²) in [5.41, 5.74) is 3.69. The largest absolute Gasteiger partial charge is 0.493 e. The number of carbonyl (C=O) groups excluding carboxylic acids is 1. The summed E-state index contributed by atoms with van der Waals surface area (Å²) in [5, 5.41) is 9.81. The number of halogens is 6. The minimum atomic E-state index is -4.45. The van der Waals surface area contributed by atoms with Crippen LogP contribution in [0.1, 0.15) is 22.4 Å². The van der Waals surface area contributed by atoms with E-state index in [9.17, 15) is 18.0 Å². The van der Waals surface area contributed by atoms with Gasteiger partial charge < -0.3 is 14.8 Å². The third-order valence-electron chi connectivity index (χ3n) is 5.38. The maximum atomic E-state index is 12.9. The van der Waals surface area contributed by atoms with Gasteiger partial charge in [-0.05, 0) is 64.0 Å². The van der Waals surface area contributed by atoms with Gasteiger partial charge in [0.2, 0.25) is 5.91 Å². The maximum Gasteiger partial charge on any atom is 0.416 e. The normalized spacial score (nSPS) is 11.5. The van der Waals surface area contributed by atoms with Gasteiger partial charge in [-0.15, -0.1) is 11.3 Å². The van der Waals surface area contributed by atoms with Crippen LogP contribution in [0.5, 0.6) is 11.5 Å². The van der Waals surface area contributed by atoms with Crippen LogP contribution in [0, 0.1) is 0 Å². The molecule has 0 saturated heterocycles. The molecule has 7 nitrogen and oxygen atoms in total. The molecule has 0 unspecified atom stereocenters. The standard InChI is InChI=1S/C27H20BrCl2F3N4O3S/c1-39-23-8-15(7-21(28)25(23)40-13-16-5-6-18(29)10-22(16)30)12-34-37-24(38)11-20-14-41-26(36-20)35-19-4-2-3-17(9-19)27(31,32)33/h2-10,12,14H,11,13H2,1H3,(H,35,36)(H,37,38)/b34-12-. The number of rotatable bonds is 10. The highest BCUT2D eigenvalue weighted by Gasteiger charge is 2.30. The number of nitrogens with zero attached hydrogens (tertiary/aromatic N) is 2. The van der Waals surface area contributed by atoms with Crippen molar-refractivity contribution in [2.75, 3.05) is 12.4 Å². The Balaban J connectivity index is 1.33. The van der Waals surface area contributed by atoms with Crippen molar-refractivity contribution in [1.82, 2.24) is 10.4 Å². The Labute approximate surface area is 255 Å². The molecule has 4 rings (SSSR count). The zero-order valence-electron chi connectivity index (χ0n) is 21.1. The maximum absolute atomic E-state index is 12.9.